The maximum atomic E-state index is 13.5. The number of hydrogen-bond donors (Lipinski definition) is 0. The van der Waals surface area contributed by atoms with E-state index in [-0.39, 0.29) is 4.90 Å². The van der Waals surface area contributed by atoms with Crippen molar-refractivity contribution < 1.29 is 22.3 Å². The Balaban J connectivity index is 1.89. The summed E-state index contributed by atoms with van der Waals surface area (Å²) in [4.78, 5) is 0.0637. The second-order valence-corrected chi connectivity index (χ2v) is 8.93. The van der Waals surface area contributed by atoms with Crippen LogP contribution in [0.4, 0.5) is 4.39 Å². The summed E-state index contributed by atoms with van der Waals surface area (Å²) in [6.45, 7) is 0.293. The number of fused-ring (bicyclic) bond motifs is 1. The highest BCUT2D eigenvalue weighted by Gasteiger charge is 2.38. The number of sulfonamides is 1. The van der Waals surface area contributed by atoms with Gasteiger partial charge >= 0.3 is 0 Å². The van der Waals surface area contributed by atoms with E-state index in [4.69, 9.17) is 9.47 Å². The number of benzene rings is 3. The lowest BCUT2D eigenvalue weighted by Gasteiger charge is -2.37. The van der Waals surface area contributed by atoms with Gasteiger partial charge in [0, 0.05) is 6.54 Å². The Labute approximate surface area is 175 Å². The van der Waals surface area contributed by atoms with Gasteiger partial charge in [0.15, 0.2) is 11.5 Å². The van der Waals surface area contributed by atoms with Crippen molar-refractivity contribution in [2.24, 2.45) is 0 Å². The van der Waals surface area contributed by atoms with Crippen molar-refractivity contribution >= 4 is 10.0 Å². The first-order valence-electron chi connectivity index (χ1n) is 9.53. The van der Waals surface area contributed by atoms with Crippen molar-refractivity contribution in [2.45, 2.75) is 17.4 Å². The summed E-state index contributed by atoms with van der Waals surface area (Å²) in [6, 6.07) is 17.6. The first-order valence-corrected chi connectivity index (χ1v) is 11.0. The van der Waals surface area contributed by atoms with Gasteiger partial charge in [0.1, 0.15) is 5.82 Å². The average Bonchev–Trinajstić information content (AvgIpc) is 2.78. The molecule has 0 radical (unpaired) electrons. The molecule has 1 heterocycles. The van der Waals surface area contributed by atoms with Gasteiger partial charge in [0.05, 0.1) is 25.2 Å². The van der Waals surface area contributed by atoms with Crippen LogP contribution in [0.2, 0.25) is 0 Å². The number of ether oxygens (including phenoxy) is 2. The standard InChI is InChI=1S/C23H22FNO4S/c1-28-21-14-17-12-13-25(30(26,27)19-10-8-18(24)9-11-19)23(16-6-4-3-5-7-16)20(17)15-22(21)29-2/h3-11,14-15,23H,12-13H2,1-2H3/t23-/m0/s1. The summed E-state index contributed by atoms with van der Waals surface area (Å²) in [6.07, 6.45) is 0.527. The molecule has 0 amide bonds. The molecule has 1 aliphatic rings. The molecule has 3 aromatic rings. The van der Waals surface area contributed by atoms with E-state index >= 15 is 0 Å². The quantitative estimate of drug-likeness (QED) is 0.613. The predicted molar refractivity (Wildman–Crippen MR) is 112 cm³/mol. The fourth-order valence-corrected chi connectivity index (χ4v) is 5.50. The third kappa shape index (κ3) is 3.55. The molecule has 7 heteroatoms. The summed E-state index contributed by atoms with van der Waals surface area (Å²) in [5.74, 6) is 0.672. The highest BCUT2D eigenvalue weighted by molar-refractivity contribution is 7.89. The molecule has 0 spiro atoms. The Hall–Kier alpha value is -2.90. The van der Waals surface area contributed by atoms with Crippen LogP contribution in [0.5, 0.6) is 11.5 Å². The van der Waals surface area contributed by atoms with Crippen LogP contribution in [0.1, 0.15) is 22.7 Å². The van der Waals surface area contributed by atoms with E-state index < -0.39 is 21.9 Å². The molecular weight excluding hydrogens is 405 g/mol. The van der Waals surface area contributed by atoms with Crippen molar-refractivity contribution in [1.29, 1.82) is 0 Å². The van der Waals surface area contributed by atoms with Crippen LogP contribution in [0, 0.1) is 5.82 Å². The minimum absolute atomic E-state index is 0.0637. The van der Waals surface area contributed by atoms with Gasteiger partial charge < -0.3 is 9.47 Å². The maximum absolute atomic E-state index is 13.5. The molecule has 0 unspecified atom stereocenters. The van der Waals surface area contributed by atoms with Crippen molar-refractivity contribution in [3.8, 4) is 11.5 Å². The lowest BCUT2D eigenvalue weighted by Crippen LogP contribution is -2.40. The molecule has 5 nitrogen and oxygen atoms in total. The lowest BCUT2D eigenvalue weighted by molar-refractivity contribution is 0.332. The maximum Gasteiger partial charge on any atom is 0.243 e. The first-order chi connectivity index (χ1) is 14.5. The third-order valence-corrected chi connectivity index (χ3v) is 7.24. The Morgan fingerprint density at radius 1 is 0.933 bits per heavy atom. The van der Waals surface area contributed by atoms with Crippen molar-refractivity contribution in [3.63, 3.8) is 0 Å². The van der Waals surface area contributed by atoms with Gasteiger partial charge in [0.2, 0.25) is 10.0 Å². The van der Waals surface area contributed by atoms with Crippen molar-refractivity contribution in [2.75, 3.05) is 20.8 Å². The molecule has 1 atom stereocenters. The molecule has 0 saturated carbocycles. The predicted octanol–water partition coefficient (Wildman–Crippen LogP) is 4.18. The number of hydrogen-bond acceptors (Lipinski definition) is 4. The molecule has 1 aliphatic heterocycles. The van der Waals surface area contributed by atoms with E-state index in [0.29, 0.717) is 24.5 Å². The molecule has 4 rings (SSSR count). The smallest absolute Gasteiger partial charge is 0.243 e. The van der Waals surface area contributed by atoms with Gasteiger partial charge in [-0.1, -0.05) is 30.3 Å². The Morgan fingerprint density at radius 2 is 1.57 bits per heavy atom. The van der Waals surface area contributed by atoms with Crippen LogP contribution in [0.3, 0.4) is 0 Å². The second-order valence-electron chi connectivity index (χ2n) is 7.04. The van der Waals surface area contributed by atoms with Gasteiger partial charge in [-0.05, 0) is 59.5 Å². The molecule has 0 bridgehead atoms. The second kappa shape index (κ2) is 8.08. The third-order valence-electron chi connectivity index (χ3n) is 5.37. The van der Waals surface area contributed by atoms with Crippen LogP contribution in [0.15, 0.2) is 71.6 Å². The normalized spacial score (nSPS) is 16.7. The summed E-state index contributed by atoms with van der Waals surface area (Å²) >= 11 is 0. The molecule has 0 aromatic heterocycles. The largest absolute Gasteiger partial charge is 0.493 e. The molecular formula is C23H22FNO4S. The number of rotatable bonds is 5. The monoisotopic (exact) mass is 427 g/mol. The van der Waals surface area contributed by atoms with Crippen molar-refractivity contribution in [3.05, 3.63) is 89.2 Å². The van der Waals surface area contributed by atoms with Crippen molar-refractivity contribution in [1.82, 2.24) is 4.31 Å². The average molecular weight is 427 g/mol. The zero-order valence-corrected chi connectivity index (χ0v) is 17.5. The van der Waals surface area contributed by atoms with Gasteiger partial charge in [-0.25, -0.2) is 12.8 Å². The highest BCUT2D eigenvalue weighted by atomic mass is 32.2. The lowest BCUT2D eigenvalue weighted by atomic mass is 9.89. The van der Waals surface area contributed by atoms with Crippen LogP contribution in [-0.4, -0.2) is 33.5 Å². The minimum atomic E-state index is -3.86. The summed E-state index contributed by atoms with van der Waals surface area (Å²) < 4.78 is 52.8. The zero-order chi connectivity index (χ0) is 21.3. The Kier molecular flexibility index (Phi) is 5.49. The van der Waals surface area contributed by atoms with Gasteiger partial charge in [-0.3, -0.25) is 0 Å². The number of methoxy groups -OCH3 is 2. The molecule has 0 saturated heterocycles. The van der Waals surface area contributed by atoms with E-state index in [0.717, 1.165) is 28.8 Å². The summed E-state index contributed by atoms with van der Waals surface area (Å²) in [5.41, 5.74) is 2.69. The fraction of sp³-hybridized carbons (Fsp3) is 0.217. The van der Waals surface area contributed by atoms with Gasteiger partial charge in [-0.15, -0.1) is 0 Å². The number of nitrogens with zero attached hydrogens (tertiary/aromatic N) is 1. The molecule has 0 fully saturated rings. The van der Waals surface area contributed by atoms with E-state index in [1.54, 1.807) is 14.2 Å². The van der Waals surface area contributed by atoms with E-state index in [1.165, 1.54) is 16.4 Å². The zero-order valence-electron chi connectivity index (χ0n) is 16.7. The molecule has 0 N–H and O–H groups in total. The summed E-state index contributed by atoms with van der Waals surface area (Å²) in [7, 11) is -0.730. The van der Waals surface area contributed by atoms with Gasteiger partial charge in [-0.2, -0.15) is 4.31 Å². The molecule has 156 valence electrons. The van der Waals surface area contributed by atoms with E-state index in [1.807, 2.05) is 42.5 Å². The topological polar surface area (TPSA) is 55.8 Å². The Bertz CT molecular complexity index is 1150. The SMILES string of the molecule is COc1cc2c(cc1OC)[C@H](c1ccccc1)N(S(=O)(=O)c1ccc(F)cc1)CC2. The Morgan fingerprint density at radius 3 is 2.20 bits per heavy atom. The van der Waals surface area contributed by atoms with Crippen LogP contribution >= 0.6 is 0 Å². The van der Waals surface area contributed by atoms with Crippen LogP contribution in [0.25, 0.3) is 0 Å². The highest BCUT2D eigenvalue weighted by Crippen LogP contribution is 2.43. The van der Waals surface area contributed by atoms with E-state index in [9.17, 15) is 12.8 Å². The fourth-order valence-electron chi connectivity index (χ4n) is 3.90. The summed E-state index contributed by atoms with van der Waals surface area (Å²) in [5, 5.41) is 0. The number of halogens is 1. The van der Waals surface area contributed by atoms with Gasteiger partial charge in [0.25, 0.3) is 0 Å². The van der Waals surface area contributed by atoms with E-state index in [2.05, 4.69) is 0 Å². The minimum Gasteiger partial charge on any atom is -0.493 e. The molecule has 30 heavy (non-hydrogen) atoms. The molecule has 3 aromatic carbocycles. The molecule has 0 aliphatic carbocycles. The van der Waals surface area contributed by atoms with Crippen LogP contribution < -0.4 is 9.47 Å². The van der Waals surface area contributed by atoms with Crippen LogP contribution in [-0.2, 0) is 16.4 Å². The first kappa shape index (κ1) is 20.4.